The Kier molecular flexibility index (Phi) is 5.93. The van der Waals surface area contributed by atoms with Gasteiger partial charge < -0.3 is 9.64 Å². The van der Waals surface area contributed by atoms with Crippen LogP contribution < -0.4 is 4.74 Å². The van der Waals surface area contributed by atoms with Crippen LogP contribution in [-0.2, 0) is 10.2 Å². The van der Waals surface area contributed by atoms with Gasteiger partial charge in [0, 0.05) is 37.0 Å². The quantitative estimate of drug-likeness (QED) is 0.527. The molecule has 2 aromatic rings. The fraction of sp³-hybridized carbons (Fsp3) is 0.407. The molecule has 4 rings (SSSR count). The number of rotatable bonds is 2. The van der Waals surface area contributed by atoms with E-state index in [-0.39, 0.29) is 17.1 Å². The van der Waals surface area contributed by atoms with Crippen LogP contribution in [0.2, 0.25) is 5.02 Å². The number of benzene rings is 2. The summed E-state index contributed by atoms with van der Waals surface area (Å²) >= 11 is 6.12. The van der Waals surface area contributed by atoms with Gasteiger partial charge in [-0.15, -0.1) is 0 Å². The fourth-order valence-corrected chi connectivity index (χ4v) is 4.77. The Bertz CT molecular complexity index is 1070. The van der Waals surface area contributed by atoms with Crippen LogP contribution in [0, 0.1) is 6.92 Å². The van der Waals surface area contributed by atoms with Gasteiger partial charge in [-0.3, -0.25) is 9.59 Å². The number of ketones is 1. The Morgan fingerprint density at radius 1 is 1.12 bits per heavy atom. The highest BCUT2D eigenvalue weighted by Gasteiger charge is 2.44. The summed E-state index contributed by atoms with van der Waals surface area (Å²) < 4.78 is 6.38. The molecule has 4 nitrogen and oxygen atoms in total. The molecule has 2 aromatic carbocycles. The van der Waals surface area contributed by atoms with E-state index in [1.165, 1.54) is 5.56 Å². The number of aryl methyl sites for hydroxylation is 1. The molecule has 2 aliphatic heterocycles. The molecule has 1 saturated heterocycles. The van der Waals surface area contributed by atoms with Gasteiger partial charge in [0.25, 0.3) is 0 Å². The van der Waals surface area contributed by atoms with Gasteiger partial charge >= 0.3 is 0 Å². The number of fused-ring (bicyclic) bond motifs is 1. The Morgan fingerprint density at radius 3 is 2.41 bits per heavy atom. The molecule has 0 radical (unpaired) electrons. The number of nitrogens with zero attached hydrogens (tertiary/aromatic N) is 1. The van der Waals surface area contributed by atoms with Crippen molar-refractivity contribution in [2.24, 2.45) is 0 Å². The topological polar surface area (TPSA) is 46.6 Å². The lowest BCUT2D eigenvalue weighted by molar-refractivity contribution is -0.129. The second-order valence-corrected chi connectivity index (χ2v) is 10.5. The molecule has 0 bridgehead atoms. The van der Waals surface area contributed by atoms with Gasteiger partial charge in [0.15, 0.2) is 5.78 Å². The van der Waals surface area contributed by atoms with Crippen molar-refractivity contribution in [1.82, 2.24) is 4.90 Å². The van der Waals surface area contributed by atoms with E-state index in [2.05, 4.69) is 32.9 Å². The number of halogens is 1. The van der Waals surface area contributed by atoms with Gasteiger partial charge in [0.1, 0.15) is 11.4 Å². The first-order chi connectivity index (χ1) is 15.1. The van der Waals surface area contributed by atoms with E-state index in [0.717, 1.165) is 11.1 Å². The summed E-state index contributed by atoms with van der Waals surface area (Å²) in [6.07, 6.45) is 5.11. The number of carbonyl (C=O) groups is 2. The smallest absolute Gasteiger partial charge is 0.246 e. The van der Waals surface area contributed by atoms with Crippen molar-refractivity contribution in [2.75, 3.05) is 13.1 Å². The first-order valence-electron chi connectivity index (χ1n) is 11.2. The monoisotopic (exact) mass is 451 g/mol. The summed E-state index contributed by atoms with van der Waals surface area (Å²) in [4.78, 5) is 27.4. The SMILES string of the molecule is Cc1cc(Cl)cc2c1OC1(CCN(C(=O)/C=C/c3ccc(C(C)(C)C)cc3)CC1)CC2=O. The normalized spacial score (nSPS) is 18.0. The molecule has 0 N–H and O–H groups in total. The van der Waals surface area contributed by atoms with Crippen LogP contribution >= 0.6 is 11.6 Å². The molecule has 0 atom stereocenters. The third kappa shape index (κ3) is 4.61. The lowest BCUT2D eigenvalue weighted by Crippen LogP contribution is -2.52. The molecule has 0 saturated carbocycles. The summed E-state index contributed by atoms with van der Waals surface area (Å²) in [5.74, 6) is 0.699. The predicted octanol–water partition coefficient (Wildman–Crippen LogP) is 5.99. The molecule has 1 fully saturated rings. The fourth-order valence-electron chi connectivity index (χ4n) is 4.49. The molecule has 5 heteroatoms. The average molecular weight is 452 g/mol. The van der Waals surface area contributed by atoms with Crippen molar-refractivity contribution in [1.29, 1.82) is 0 Å². The van der Waals surface area contributed by atoms with Crippen molar-refractivity contribution in [3.05, 3.63) is 69.8 Å². The standard InChI is InChI=1S/C27H30ClNO3/c1-18-15-21(28)16-22-23(30)17-27(32-25(18)22)11-13-29(14-12-27)24(31)10-7-19-5-8-20(9-6-19)26(2,3)4/h5-10,15-16H,11-14,17H2,1-4H3/b10-7+. The molecule has 32 heavy (non-hydrogen) atoms. The van der Waals surface area contributed by atoms with Crippen LogP contribution in [0.5, 0.6) is 5.75 Å². The zero-order chi connectivity index (χ0) is 23.1. The zero-order valence-corrected chi connectivity index (χ0v) is 20.0. The highest BCUT2D eigenvalue weighted by Crippen LogP contribution is 2.42. The first-order valence-corrected chi connectivity index (χ1v) is 11.5. The first kappa shape index (κ1) is 22.6. The Balaban J connectivity index is 1.40. The maximum Gasteiger partial charge on any atom is 0.246 e. The minimum atomic E-state index is -0.536. The van der Waals surface area contributed by atoms with Gasteiger partial charge in [0.2, 0.25) is 5.91 Å². The maximum absolute atomic E-state index is 12.8. The Morgan fingerprint density at radius 2 is 1.78 bits per heavy atom. The highest BCUT2D eigenvalue weighted by molar-refractivity contribution is 6.31. The Labute approximate surface area is 195 Å². The van der Waals surface area contributed by atoms with Gasteiger partial charge in [-0.2, -0.15) is 0 Å². The number of piperidine rings is 1. The van der Waals surface area contributed by atoms with E-state index in [4.69, 9.17) is 16.3 Å². The van der Waals surface area contributed by atoms with Gasteiger partial charge in [-0.05, 0) is 47.2 Å². The van der Waals surface area contributed by atoms with Crippen LogP contribution in [0.3, 0.4) is 0 Å². The molecule has 2 aliphatic rings. The number of hydrogen-bond acceptors (Lipinski definition) is 3. The van der Waals surface area contributed by atoms with E-state index < -0.39 is 5.60 Å². The van der Waals surface area contributed by atoms with E-state index in [0.29, 0.717) is 48.7 Å². The average Bonchev–Trinajstić information content (AvgIpc) is 2.73. The maximum atomic E-state index is 12.8. The van der Waals surface area contributed by atoms with Gasteiger partial charge in [0.05, 0.1) is 12.0 Å². The highest BCUT2D eigenvalue weighted by atomic mass is 35.5. The second-order valence-electron chi connectivity index (χ2n) is 10.0. The lowest BCUT2D eigenvalue weighted by Gasteiger charge is -2.44. The summed E-state index contributed by atoms with van der Waals surface area (Å²) in [7, 11) is 0. The zero-order valence-electron chi connectivity index (χ0n) is 19.2. The summed E-state index contributed by atoms with van der Waals surface area (Å²) in [6.45, 7) is 9.60. The van der Waals surface area contributed by atoms with Crippen LogP contribution in [0.15, 0.2) is 42.5 Å². The number of Topliss-reactive ketones (excluding diaryl/α,β-unsaturated/α-hetero) is 1. The van der Waals surface area contributed by atoms with E-state index in [1.54, 1.807) is 12.1 Å². The minimum absolute atomic E-state index is 0.00903. The summed E-state index contributed by atoms with van der Waals surface area (Å²) in [5.41, 5.74) is 3.29. The summed E-state index contributed by atoms with van der Waals surface area (Å²) in [6, 6.07) is 11.8. The molecule has 1 spiro atoms. The minimum Gasteiger partial charge on any atom is -0.486 e. The number of likely N-dealkylation sites (tertiary alicyclic amines) is 1. The lowest BCUT2D eigenvalue weighted by atomic mass is 9.82. The van der Waals surface area contributed by atoms with Crippen LogP contribution in [0.25, 0.3) is 6.08 Å². The predicted molar refractivity (Wildman–Crippen MR) is 128 cm³/mol. The number of hydrogen-bond donors (Lipinski definition) is 0. The molecule has 2 heterocycles. The van der Waals surface area contributed by atoms with E-state index in [9.17, 15) is 9.59 Å². The number of amides is 1. The summed E-state index contributed by atoms with van der Waals surface area (Å²) in [5, 5.41) is 0.550. The van der Waals surface area contributed by atoms with Crippen molar-refractivity contribution >= 4 is 29.4 Å². The number of carbonyl (C=O) groups excluding carboxylic acids is 2. The second kappa shape index (κ2) is 8.40. The van der Waals surface area contributed by atoms with Gasteiger partial charge in [-0.1, -0.05) is 56.6 Å². The number of ether oxygens (including phenoxy) is 1. The molecule has 1 amide bonds. The molecule has 0 aromatic heterocycles. The van der Waals surface area contributed by atoms with Crippen molar-refractivity contribution in [3.63, 3.8) is 0 Å². The van der Waals surface area contributed by atoms with Crippen molar-refractivity contribution in [3.8, 4) is 5.75 Å². The largest absolute Gasteiger partial charge is 0.486 e. The van der Waals surface area contributed by atoms with Crippen LogP contribution in [0.4, 0.5) is 0 Å². The molecule has 0 unspecified atom stereocenters. The third-order valence-electron chi connectivity index (χ3n) is 6.52. The van der Waals surface area contributed by atoms with Crippen LogP contribution in [0.1, 0.15) is 67.1 Å². The molecule has 168 valence electrons. The van der Waals surface area contributed by atoms with Crippen molar-refractivity contribution in [2.45, 2.75) is 58.0 Å². The third-order valence-corrected chi connectivity index (χ3v) is 6.74. The Hall–Kier alpha value is -2.59. The van der Waals surface area contributed by atoms with E-state index >= 15 is 0 Å². The molecular formula is C27H30ClNO3. The van der Waals surface area contributed by atoms with E-state index in [1.807, 2.05) is 36.1 Å². The van der Waals surface area contributed by atoms with Gasteiger partial charge in [-0.25, -0.2) is 0 Å². The van der Waals surface area contributed by atoms with Crippen molar-refractivity contribution < 1.29 is 14.3 Å². The van der Waals surface area contributed by atoms with Crippen LogP contribution in [-0.4, -0.2) is 35.3 Å². The molecule has 0 aliphatic carbocycles. The molecular weight excluding hydrogens is 422 g/mol.